The van der Waals surface area contributed by atoms with Crippen LogP contribution in [0.25, 0.3) is 0 Å². The van der Waals surface area contributed by atoms with E-state index in [0.29, 0.717) is 5.41 Å². The SMILES string of the molecule is CC1(COc2cccc3c2NCC3)CCNCC1. The van der Waals surface area contributed by atoms with E-state index in [1.165, 1.54) is 24.1 Å². The molecule has 2 heterocycles. The van der Waals surface area contributed by atoms with Crippen LogP contribution in [-0.2, 0) is 6.42 Å². The van der Waals surface area contributed by atoms with Gasteiger partial charge in [0.15, 0.2) is 0 Å². The molecule has 3 heteroatoms. The Labute approximate surface area is 109 Å². The van der Waals surface area contributed by atoms with Crippen LogP contribution >= 0.6 is 0 Å². The lowest BCUT2D eigenvalue weighted by molar-refractivity contribution is 0.124. The highest BCUT2D eigenvalue weighted by molar-refractivity contribution is 5.65. The lowest BCUT2D eigenvalue weighted by Gasteiger charge is -2.33. The maximum absolute atomic E-state index is 6.10. The largest absolute Gasteiger partial charge is 0.491 e. The minimum absolute atomic E-state index is 0.326. The molecule has 0 bridgehead atoms. The van der Waals surface area contributed by atoms with Gasteiger partial charge in [-0.05, 0) is 44.0 Å². The van der Waals surface area contributed by atoms with E-state index in [1.54, 1.807) is 0 Å². The second kappa shape index (κ2) is 4.81. The molecule has 18 heavy (non-hydrogen) atoms. The fraction of sp³-hybridized carbons (Fsp3) is 0.600. The summed E-state index contributed by atoms with van der Waals surface area (Å²) in [5, 5.41) is 6.84. The van der Waals surface area contributed by atoms with Crippen molar-refractivity contribution in [1.82, 2.24) is 5.32 Å². The first-order chi connectivity index (χ1) is 8.77. The van der Waals surface area contributed by atoms with Gasteiger partial charge in [0, 0.05) is 12.0 Å². The average molecular weight is 246 g/mol. The van der Waals surface area contributed by atoms with Gasteiger partial charge in [-0.15, -0.1) is 0 Å². The van der Waals surface area contributed by atoms with Crippen molar-refractivity contribution in [3.63, 3.8) is 0 Å². The summed E-state index contributed by atoms with van der Waals surface area (Å²) in [5.74, 6) is 1.03. The number of nitrogens with one attached hydrogen (secondary N) is 2. The van der Waals surface area contributed by atoms with Crippen molar-refractivity contribution >= 4 is 5.69 Å². The molecule has 0 radical (unpaired) electrons. The number of benzene rings is 1. The lowest BCUT2D eigenvalue weighted by Crippen LogP contribution is -2.38. The average Bonchev–Trinajstić information content (AvgIpc) is 2.86. The first-order valence-electron chi connectivity index (χ1n) is 6.96. The summed E-state index contributed by atoms with van der Waals surface area (Å²) in [5.41, 5.74) is 2.94. The van der Waals surface area contributed by atoms with Crippen LogP contribution in [0.15, 0.2) is 18.2 Å². The van der Waals surface area contributed by atoms with Gasteiger partial charge in [-0.3, -0.25) is 0 Å². The van der Waals surface area contributed by atoms with Gasteiger partial charge in [0.2, 0.25) is 0 Å². The monoisotopic (exact) mass is 246 g/mol. The number of hydrogen-bond acceptors (Lipinski definition) is 3. The van der Waals surface area contributed by atoms with E-state index < -0.39 is 0 Å². The molecule has 1 saturated heterocycles. The minimum Gasteiger partial charge on any atom is -0.491 e. The normalized spacial score (nSPS) is 21.2. The third-order valence-corrected chi connectivity index (χ3v) is 4.20. The van der Waals surface area contributed by atoms with E-state index in [1.807, 2.05) is 0 Å². The molecular weight excluding hydrogens is 224 g/mol. The molecule has 1 aromatic carbocycles. The first-order valence-corrected chi connectivity index (χ1v) is 6.96. The Bertz CT molecular complexity index is 425. The van der Waals surface area contributed by atoms with Crippen LogP contribution in [0.5, 0.6) is 5.75 Å². The number of hydrogen-bond donors (Lipinski definition) is 2. The van der Waals surface area contributed by atoms with Gasteiger partial charge in [-0.2, -0.15) is 0 Å². The number of rotatable bonds is 3. The molecular formula is C15H22N2O. The minimum atomic E-state index is 0.326. The zero-order valence-corrected chi connectivity index (χ0v) is 11.1. The molecule has 98 valence electrons. The lowest BCUT2D eigenvalue weighted by atomic mass is 9.82. The van der Waals surface area contributed by atoms with Gasteiger partial charge in [-0.1, -0.05) is 19.1 Å². The van der Waals surface area contributed by atoms with Crippen LogP contribution < -0.4 is 15.4 Å². The molecule has 0 aliphatic carbocycles. The maximum Gasteiger partial charge on any atom is 0.142 e. The fourth-order valence-corrected chi connectivity index (χ4v) is 2.85. The van der Waals surface area contributed by atoms with E-state index in [4.69, 9.17) is 4.74 Å². The Hall–Kier alpha value is -1.22. The number of ether oxygens (including phenoxy) is 1. The standard InChI is InChI=1S/C15H22N2O/c1-15(6-9-16-10-7-15)11-18-13-4-2-3-12-5-8-17-14(12)13/h2-4,16-17H,5-11H2,1H3. The van der Waals surface area contributed by atoms with Gasteiger partial charge >= 0.3 is 0 Å². The molecule has 3 rings (SSSR count). The number of piperidine rings is 1. The second-order valence-corrected chi connectivity index (χ2v) is 5.82. The number of para-hydroxylation sites is 1. The quantitative estimate of drug-likeness (QED) is 0.859. The van der Waals surface area contributed by atoms with E-state index >= 15 is 0 Å². The van der Waals surface area contributed by atoms with Crippen LogP contribution in [-0.4, -0.2) is 26.2 Å². The Balaban J connectivity index is 1.68. The second-order valence-electron chi connectivity index (χ2n) is 5.82. The van der Waals surface area contributed by atoms with Crippen LogP contribution in [0.1, 0.15) is 25.3 Å². The van der Waals surface area contributed by atoms with Crippen molar-refractivity contribution in [1.29, 1.82) is 0 Å². The summed E-state index contributed by atoms with van der Waals surface area (Å²) >= 11 is 0. The van der Waals surface area contributed by atoms with Crippen molar-refractivity contribution in [3.05, 3.63) is 23.8 Å². The van der Waals surface area contributed by atoms with Crippen molar-refractivity contribution in [2.45, 2.75) is 26.2 Å². The van der Waals surface area contributed by atoms with Gasteiger partial charge in [0.05, 0.1) is 12.3 Å². The summed E-state index contributed by atoms with van der Waals surface area (Å²) in [7, 11) is 0. The topological polar surface area (TPSA) is 33.3 Å². The predicted molar refractivity (Wildman–Crippen MR) is 74.3 cm³/mol. The molecule has 2 aliphatic heterocycles. The summed E-state index contributed by atoms with van der Waals surface area (Å²) in [6, 6.07) is 6.38. The molecule has 1 aromatic rings. The summed E-state index contributed by atoms with van der Waals surface area (Å²) in [6.07, 6.45) is 3.53. The van der Waals surface area contributed by atoms with Crippen molar-refractivity contribution in [3.8, 4) is 5.75 Å². The fourth-order valence-electron chi connectivity index (χ4n) is 2.85. The van der Waals surface area contributed by atoms with E-state index in [9.17, 15) is 0 Å². The van der Waals surface area contributed by atoms with Gasteiger partial charge in [-0.25, -0.2) is 0 Å². The molecule has 0 atom stereocenters. The number of fused-ring (bicyclic) bond motifs is 1. The zero-order chi connectivity index (χ0) is 12.4. The molecule has 0 spiro atoms. The smallest absolute Gasteiger partial charge is 0.142 e. The van der Waals surface area contributed by atoms with Crippen molar-refractivity contribution in [2.24, 2.45) is 5.41 Å². The van der Waals surface area contributed by atoms with Crippen LogP contribution in [0, 0.1) is 5.41 Å². The molecule has 1 fully saturated rings. The first kappa shape index (κ1) is 11.8. The highest BCUT2D eigenvalue weighted by Crippen LogP contribution is 2.35. The van der Waals surface area contributed by atoms with Crippen LogP contribution in [0.3, 0.4) is 0 Å². The summed E-state index contributed by atoms with van der Waals surface area (Å²) < 4.78 is 6.10. The molecule has 0 saturated carbocycles. The number of anilines is 1. The summed E-state index contributed by atoms with van der Waals surface area (Å²) in [6.45, 7) is 6.43. The summed E-state index contributed by atoms with van der Waals surface area (Å²) in [4.78, 5) is 0. The molecule has 3 nitrogen and oxygen atoms in total. The maximum atomic E-state index is 6.10. The third-order valence-electron chi connectivity index (χ3n) is 4.20. The molecule has 0 aromatic heterocycles. The van der Waals surface area contributed by atoms with E-state index in [2.05, 4.69) is 35.8 Å². The predicted octanol–water partition coefficient (Wildman–Crippen LogP) is 2.42. The van der Waals surface area contributed by atoms with Crippen molar-refractivity contribution in [2.75, 3.05) is 31.6 Å². The highest BCUT2D eigenvalue weighted by Gasteiger charge is 2.28. The van der Waals surface area contributed by atoms with Gasteiger partial charge in [0.1, 0.15) is 5.75 Å². The highest BCUT2D eigenvalue weighted by atomic mass is 16.5. The molecule has 0 unspecified atom stereocenters. The van der Waals surface area contributed by atoms with Crippen LogP contribution in [0.4, 0.5) is 5.69 Å². The van der Waals surface area contributed by atoms with Crippen molar-refractivity contribution < 1.29 is 4.74 Å². The van der Waals surface area contributed by atoms with E-state index in [0.717, 1.165) is 38.4 Å². The molecule has 2 N–H and O–H groups in total. The molecule has 2 aliphatic rings. The third kappa shape index (κ3) is 2.32. The van der Waals surface area contributed by atoms with Gasteiger partial charge in [0.25, 0.3) is 0 Å². The Morgan fingerprint density at radius 1 is 1.22 bits per heavy atom. The van der Waals surface area contributed by atoms with Gasteiger partial charge < -0.3 is 15.4 Å². The van der Waals surface area contributed by atoms with E-state index in [-0.39, 0.29) is 0 Å². The Kier molecular flexibility index (Phi) is 3.16. The Morgan fingerprint density at radius 3 is 2.89 bits per heavy atom. The Morgan fingerprint density at radius 2 is 2.06 bits per heavy atom. The van der Waals surface area contributed by atoms with Crippen LogP contribution in [0.2, 0.25) is 0 Å². The molecule has 0 amide bonds. The zero-order valence-electron chi connectivity index (χ0n) is 11.1.